The maximum atomic E-state index is 14.0. The van der Waals surface area contributed by atoms with E-state index in [2.05, 4.69) is 50.8 Å². The second kappa shape index (κ2) is 15.4. The smallest absolute Gasteiger partial charge is 0.246 e. The van der Waals surface area contributed by atoms with Crippen molar-refractivity contribution in [3.05, 3.63) is 64.7 Å². The fourth-order valence-corrected chi connectivity index (χ4v) is 6.50. The van der Waals surface area contributed by atoms with Crippen molar-refractivity contribution in [2.24, 2.45) is 11.8 Å². The molecule has 10 heteroatoms. The van der Waals surface area contributed by atoms with Crippen LogP contribution in [0, 0.1) is 11.8 Å². The highest BCUT2D eigenvalue weighted by Gasteiger charge is 2.45. The van der Waals surface area contributed by atoms with Crippen LogP contribution in [0.15, 0.2) is 48.5 Å². The number of fused-ring (bicyclic) bond motifs is 1. The number of ether oxygens (including phenoxy) is 1. The molecule has 2 aromatic carbocycles. The Morgan fingerprint density at radius 3 is 2.57 bits per heavy atom. The van der Waals surface area contributed by atoms with Gasteiger partial charge in [0.25, 0.3) is 0 Å². The average Bonchev–Trinajstić information content (AvgIpc) is 3.45. The fourth-order valence-electron chi connectivity index (χ4n) is 5.78. The maximum absolute atomic E-state index is 14.0. The first-order valence-corrected chi connectivity index (χ1v) is 16.8. The number of nitrogens with one attached hydrogen (secondary N) is 4. The van der Waals surface area contributed by atoms with Gasteiger partial charge in [0.05, 0.1) is 6.04 Å². The molecule has 1 aliphatic carbocycles. The summed E-state index contributed by atoms with van der Waals surface area (Å²) in [6.07, 6.45) is 3.70. The standard InChI is InChI=1S/C32H42ClIN4O4/c1-21-16-24-9-3-4-11-27(24)42-15-14-35-28(22(2)19-34)30(40)38-32(12-5-6-13-32)31(41)37-26(29(39)36-20-21)18-23-8-7-10-25(33)17-23/h3-4,7-11,17,21-22,26,28,35H,5-6,12-16,18-20H2,1-2H3,(H,36,39)(H,37,41)(H,38,40)/t21?,22?,26-,28+/m1/s1. The van der Waals surface area contributed by atoms with Crippen LogP contribution in [-0.4, -0.2) is 59.5 Å². The van der Waals surface area contributed by atoms with Crippen molar-refractivity contribution < 1.29 is 19.1 Å². The first-order valence-electron chi connectivity index (χ1n) is 14.9. The zero-order valence-corrected chi connectivity index (χ0v) is 27.3. The second-order valence-electron chi connectivity index (χ2n) is 11.7. The molecule has 0 bridgehead atoms. The molecule has 1 fully saturated rings. The summed E-state index contributed by atoms with van der Waals surface area (Å²) in [7, 11) is 0. The molecule has 4 N–H and O–H groups in total. The quantitative estimate of drug-likeness (QED) is 0.281. The number of carbonyl (C=O) groups is 3. The first kappa shape index (κ1) is 32.5. The summed E-state index contributed by atoms with van der Waals surface area (Å²) in [6, 6.07) is 13.9. The molecule has 8 nitrogen and oxygen atoms in total. The molecular formula is C32H42ClIN4O4. The molecular weight excluding hydrogens is 667 g/mol. The van der Waals surface area contributed by atoms with Gasteiger partial charge in [-0.05, 0) is 60.4 Å². The summed E-state index contributed by atoms with van der Waals surface area (Å²) < 4.78 is 6.91. The van der Waals surface area contributed by atoms with E-state index in [0.717, 1.165) is 40.6 Å². The minimum absolute atomic E-state index is 0.0344. The van der Waals surface area contributed by atoms with Crippen LogP contribution < -0.4 is 26.0 Å². The van der Waals surface area contributed by atoms with E-state index in [0.29, 0.717) is 37.6 Å². The number of hydrogen-bond acceptors (Lipinski definition) is 5. The van der Waals surface area contributed by atoms with E-state index in [1.54, 1.807) is 12.1 Å². The van der Waals surface area contributed by atoms with Crippen LogP contribution in [-0.2, 0) is 27.2 Å². The lowest BCUT2D eigenvalue weighted by molar-refractivity contribution is -0.137. The number of amides is 3. The van der Waals surface area contributed by atoms with Crippen molar-refractivity contribution in [3.8, 4) is 5.75 Å². The van der Waals surface area contributed by atoms with Crippen LogP contribution in [0.1, 0.15) is 50.7 Å². The Bertz CT molecular complexity index is 1240. The maximum Gasteiger partial charge on any atom is 0.246 e. The lowest BCUT2D eigenvalue weighted by Crippen LogP contribution is -2.64. The van der Waals surface area contributed by atoms with Crippen molar-refractivity contribution >= 4 is 51.9 Å². The third-order valence-corrected chi connectivity index (χ3v) is 9.81. The predicted molar refractivity (Wildman–Crippen MR) is 174 cm³/mol. The van der Waals surface area contributed by atoms with Crippen molar-refractivity contribution in [1.82, 2.24) is 21.3 Å². The molecule has 4 atom stereocenters. The van der Waals surface area contributed by atoms with Crippen LogP contribution in [0.4, 0.5) is 0 Å². The molecule has 2 aromatic rings. The Morgan fingerprint density at radius 1 is 1.07 bits per heavy atom. The summed E-state index contributed by atoms with van der Waals surface area (Å²) >= 11 is 8.52. The molecule has 1 saturated carbocycles. The summed E-state index contributed by atoms with van der Waals surface area (Å²) in [6.45, 7) is 5.44. The summed E-state index contributed by atoms with van der Waals surface area (Å²) in [5.74, 6) is 0.181. The Hall–Kier alpha value is -2.37. The van der Waals surface area contributed by atoms with Gasteiger partial charge < -0.3 is 26.0 Å². The normalized spacial score (nSPS) is 24.8. The topological polar surface area (TPSA) is 109 Å². The van der Waals surface area contributed by atoms with Crippen LogP contribution >= 0.6 is 34.2 Å². The number of hydrogen-bond donors (Lipinski definition) is 4. The van der Waals surface area contributed by atoms with Crippen LogP contribution in [0.5, 0.6) is 5.75 Å². The number of para-hydroxylation sites is 1. The average molecular weight is 709 g/mol. The highest BCUT2D eigenvalue weighted by atomic mass is 127. The molecule has 1 spiro atoms. The van der Waals surface area contributed by atoms with E-state index >= 15 is 0 Å². The SMILES string of the molecule is CC1CNC(=O)[C@@H](Cc2cccc(Cl)c2)NC(=O)C2(CCCC2)NC(=O)[C@H](C(C)CI)NCCOc2ccccc2C1. The van der Waals surface area contributed by atoms with Crippen molar-refractivity contribution in [3.63, 3.8) is 0 Å². The lowest BCUT2D eigenvalue weighted by Gasteiger charge is -2.34. The molecule has 4 rings (SSSR count). The third-order valence-electron chi connectivity index (χ3n) is 8.19. The van der Waals surface area contributed by atoms with Gasteiger partial charge in [0.2, 0.25) is 17.7 Å². The van der Waals surface area contributed by atoms with Crippen molar-refractivity contribution in [2.75, 3.05) is 24.1 Å². The minimum atomic E-state index is -1.07. The molecule has 3 amide bonds. The summed E-state index contributed by atoms with van der Waals surface area (Å²) in [5.41, 5.74) is 0.833. The van der Waals surface area contributed by atoms with Crippen LogP contribution in [0.25, 0.3) is 0 Å². The van der Waals surface area contributed by atoms with E-state index in [1.165, 1.54) is 0 Å². The lowest BCUT2D eigenvalue weighted by atomic mass is 9.93. The van der Waals surface area contributed by atoms with Gasteiger partial charge in [-0.2, -0.15) is 0 Å². The number of benzene rings is 2. The fraction of sp³-hybridized carbons (Fsp3) is 0.531. The van der Waals surface area contributed by atoms with Gasteiger partial charge >= 0.3 is 0 Å². The molecule has 2 unspecified atom stereocenters. The van der Waals surface area contributed by atoms with Crippen molar-refractivity contribution in [2.45, 2.75) is 70.0 Å². The van der Waals surface area contributed by atoms with Gasteiger partial charge in [-0.3, -0.25) is 14.4 Å². The largest absolute Gasteiger partial charge is 0.492 e. The molecule has 228 valence electrons. The first-order chi connectivity index (χ1) is 20.2. The van der Waals surface area contributed by atoms with E-state index in [4.69, 9.17) is 16.3 Å². The molecule has 1 aliphatic heterocycles. The van der Waals surface area contributed by atoms with E-state index in [-0.39, 0.29) is 36.0 Å². The second-order valence-corrected chi connectivity index (χ2v) is 13.0. The van der Waals surface area contributed by atoms with E-state index < -0.39 is 17.6 Å². The zero-order valence-electron chi connectivity index (χ0n) is 24.4. The Morgan fingerprint density at radius 2 is 1.83 bits per heavy atom. The van der Waals surface area contributed by atoms with Gasteiger partial charge in [-0.15, -0.1) is 0 Å². The molecule has 2 aliphatic rings. The Balaban J connectivity index is 1.64. The van der Waals surface area contributed by atoms with Crippen LogP contribution in [0.2, 0.25) is 5.02 Å². The number of carbonyl (C=O) groups excluding carboxylic acids is 3. The number of halogens is 2. The molecule has 0 saturated heterocycles. The van der Waals surface area contributed by atoms with Gasteiger partial charge in [-0.1, -0.05) is 91.2 Å². The van der Waals surface area contributed by atoms with Gasteiger partial charge in [0.15, 0.2) is 0 Å². The number of rotatable bonds is 4. The highest BCUT2D eigenvalue weighted by Crippen LogP contribution is 2.31. The third kappa shape index (κ3) is 8.60. The Kier molecular flexibility index (Phi) is 11.9. The molecule has 0 radical (unpaired) electrons. The molecule has 42 heavy (non-hydrogen) atoms. The predicted octanol–water partition coefficient (Wildman–Crippen LogP) is 4.21. The van der Waals surface area contributed by atoms with Crippen molar-refractivity contribution in [1.29, 1.82) is 0 Å². The van der Waals surface area contributed by atoms with Gasteiger partial charge in [-0.25, -0.2) is 0 Å². The minimum Gasteiger partial charge on any atom is -0.492 e. The Labute approximate surface area is 267 Å². The van der Waals surface area contributed by atoms with Gasteiger partial charge in [0, 0.05) is 29.0 Å². The monoisotopic (exact) mass is 708 g/mol. The van der Waals surface area contributed by atoms with Gasteiger partial charge in [0.1, 0.15) is 23.9 Å². The highest BCUT2D eigenvalue weighted by molar-refractivity contribution is 14.1. The number of alkyl halides is 1. The van der Waals surface area contributed by atoms with E-state index in [1.807, 2.05) is 43.3 Å². The zero-order chi connectivity index (χ0) is 30.1. The summed E-state index contributed by atoms with van der Waals surface area (Å²) in [4.78, 5) is 41.3. The molecule has 0 aromatic heterocycles. The summed E-state index contributed by atoms with van der Waals surface area (Å²) in [5, 5.41) is 13.2. The molecule has 1 heterocycles. The van der Waals surface area contributed by atoms with Crippen LogP contribution in [0.3, 0.4) is 0 Å². The van der Waals surface area contributed by atoms with E-state index in [9.17, 15) is 14.4 Å².